The van der Waals surface area contributed by atoms with Gasteiger partial charge in [-0.15, -0.1) is 0 Å². The third kappa shape index (κ3) is 4.39. The molecule has 1 N–H and O–H groups in total. The number of methoxy groups -OCH3 is 1. The summed E-state index contributed by atoms with van der Waals surface area (Å²) in [6.07, 6.45) is 1.56. The molecule has 8 heteroatoms. The lowest BCUT2D eigenvalue weighted by Crippen LogP contribution is -2.36. The molecule has 0 bridgehead atoms. The quantitative estimate of drug-likeness (QED) is 0.783. The Bertz CT molecular complexity index is 992. The average molecular weight is 393 g/mol. The minimum atomic E-state index is -0.524. The molecule has 2 aromatic carbocycles. The predicted molar refractivity (Wildman–Crippen MR) is 105 cm³/mol. The van der Waals surface area contributed by atoms with Gasteiger partial charge < -0.3 is 10.1 Å². The summed E-state index contributed by atoms with van der Waals surface area (Å²) >= 11 is 0.777. The van der Waals surface area contributed by atoms with Crippen LogP contribution < -0.4 is 10.1 Å². The normalized spacial score (nSPS) is 14.9. The van der Waals surface area contributed by atoms with Crippen LogP contribution >= 0.6 is 11.8 Å². The second kappa shape index (κ2) is 8.41. The van der Waals surface area contributed by atoms with Gasteiger partial charge in [0.25, 0.3) is 11.1 Å². The maximum absolute atomic E-state index is 12.5. The van der Waals surface area contributed by atoms with Crippen molar-refractivity contribution in [3.05, 3.63) is 64.6 Å². The van der Waals surface area contributed by atoms with Crippen LogP contribution in [0.1, 0.15) is 11.1 Å². The Kier molecular flexibility index (Phi) is 5.77. The second-order valence-electron chi connectivity index (χ2n) is 5.78. The van der Waals surface area contributed by atoms with E-state index in [1.807, 2.05) is 6.07 Å². The lowest BCUT2D eigenvalue weighted by atomic mass is 10.1. The highest BCUT2D eigenvalue weighted by Crippen LogP contribution is 2.32. The van der Waals surface area contributed by atoms with Gasteiger partial charge in [-0.25, -0.2) is 0 Å². The number of rotatable bonds is 5. The fourth-order valence-corrected chi connectivity index (χ4v) is 3.30. The summed E-state index contributed by atoms with van der Waals surface area (Å²) in [6.45, 7) is -0.374. The molecular formula is C20H15N3O4S. The van der Waals surface area contributed by atoms with E-state index < -0.39 is 17.1 Å². The first-order valence-electron chi connectivity index (χ1n) is 8.19. The van der Waals surface area contributed by atoms with Gasteiger partial charge in [-0.3, -0.25) is 19.3 Å². The number of hydrogen-bond donors (Lipinski definition) is 1. The van der Waals surface area contributed by atoms with Crippen LogP contribution in [-0.4, -0.2) is 35.6 Å². The van der Waals surface area contributed by atoms with Crippen LogP contribution in [0.5, 0.6) is 5.75 Å². The predicted octanol–water partition coefficient (Wildman–Crippen LogP) is 3.24. The third-order valence-corrected chi connectivity index (χ3v) is 4.79. The molecule has 140 valence electrons. The Morgan fingerprint density at radius 1 is 1.18 bits per heavy atom. The zero-order valence-electron chi connectivity index (χ0n) is 14.8. The van der Waals surface area contributed by atoms with E-state index in [1.165, 1.54) is 0 Å². The standard InChI is InChI=1S/C20H15N3O4S/c1-27-16-8-6-15(7-9-16)22-18(24)12-23-19(25)17(28-20(23)26)10-13-2-4-14(11-21)5-3-13/h2-10H,12H2,1H3,(H,22,24)/b17-10+. The van der Waals surface area contributed by atoms with Crippen LogP contribution in [-0.2, 0) is 9.59 Å². The van der Waals surface area contributed by atoms with Gasteiger partial charge >= 0.3 is 0 Å². The summed E-state index contributed by atoms with van der Waals surface area (Å²) in [7, 11) is 1.54. The highest BCUT2D eigenvalue weighted by atomic mass is 32.2. The number of imide groups is 1. The molecule has 1 fully saturated rings. The maximum Gasteiger partial charge on any atom is 0.294 e. The monoisotopic (exact) mass is 393 g/mol. The van der Waals surface area contributed by atoms with E-state index in [4.69, 9.17) is 10.00 Å². The number of amides is 3. The Morgan fingerprint density at radius 3 is 2.46 bits per heavy atom. The zero-order chi connectivity index (χ0) is 20.1. The SMILES string of the molecule is COc1ccc(NC(=O)CN2C(=O)S/C(=C/c3ccc(C#N)cc3)C2=O)cc1. The van der Waals surface area contributed by atoms with Crippen molar-refractivity contribution in [1.29, 1.82) is 5.26 Å². The third-order valence-electron chi connectivity index (χ3n) is 3.89. The van der Waals surface area contributed by atoms with Crippen LogP contribution in [0.3, 0.4) is 0 Å². The van der Waals surface area contributed by atoms with Crippen LogP contribution in [0.2, 0.25) is 0 Å². The smallest absolute Gasteiger partial charge is 0.294 e. The summed E-state index contributed by atoms with van der Waals surface area (Å²) < 4.78 is 5.05. The molecule has 28 heavy (non-hydrogen) atoms. The van der Waals surface area contributed by atoms with E-state index in [9.17, 15) is 14.4 Å². The zero-order valence-corrected chi connectivity index (χ0v) is 15.7. The van der Waals surface area contributed by atoms with Crippen LogP contribution in [0, 0.1) is 11.3 Å². The fourth-order valence-electron chi connectivity index (χ4n) is 2.46. The van der Waals surface area contributed by atoms with Crippen LogP contribution in [0.15, 0.2) is 53.4 Å². The van der Waals surface area contributed by atoms with E-state index >= 15 is 0 Å². The van der Waals surface area contributed by atoms with Gasteiger partial charge in [-0.2, -0.15) is 5.26 Å². The van der Waals surface area contributed by atoms with Gasteiger partial charge in [0, 0.05) is 5.69 Å². The van der Waals surface area contributed by atoms with E-state index in [0.29, 0.717) is 22.6 Å². The summed E-state index contributed by atoms with van der Waals surface area (Å²) in [5, 5.41) is 11.0. The number of thioether (sulfide) groups is 1. The Hall–Kier alpha value is -3.57. The van der Waals surface area contributed by atoms with Gasteiger partial charge in [-0.1, -0.05) is 12.1 Å². The molecule has 1 saturated heterocycles. The maximum atomic E-state index is 12.5. The number of benzene rings is 2. The lowest BCUT2D eigenvalue weighted by molar-refractivity contribution is -0.127. The molecule has 3 rings (SSSR count). The van der Waals surface area contributed by atoms with Crippen molar-refractivity contribution in [1.82, 2.24) is 4.90 Å². The number of carbonyl (C=O) groups excluding carboxylic acids is 3. The van der Waals surface area contributed by atoms with Gasteiger partial charge in [0.1, 0.15) is 12.3 Å². The number of carbonyl (C=O) groups is 3. The summed E-state index contributed by atoms with van der Waals surface area (Å²) in [5.74, 6) is -0.354. The molecule has 3 amide bonds. The van der Waals surface area contributed by atoms with Gasteiger partial charge in [0.15, 0.2) is 0 Å². The van der Waals surface area contributed by atoms with E-state index in [1.54, 1.807) is 61.7 Å². The molecule has 1 aliphatic rings. The largest absolute Gasteiger partial charge is 0.497 e. The molecule has 0 radical (unpaired) electrons. The summed E-state index contributed by atoms with van der Waals surface area (Å²) in [4.78, 5) is 38.0. The lowest BCUT2D eigenvalue weighted by Gasteiger charge is -2.12. The van der Waals surface area contributed by atoms with Crippen molar-refractivity contribution in [2.75, 3.05) is 19.0 Å². The van der Waals surface area contributed by atoms with Crippen molar-refractivity contribution in [3.63, 3.8) is 0 Å². The van der Waals surface area contributed by atoms with E-state index in [2.05, 4.69) is 5.32 Å². The van der Waals surface area contributed by atoms with Crippen LogP contribution in [0.4, 0.5) is 10.5 Å². The molecule has 1 heterocycles. The van der Waals surface area contributed by atoms with E-state index in [-0.39, 0.29) is 11.4 Å². The second-order valence-corrected chi connectivity index (χ2v) is 6.77. The van der Waals surface area contributed by atoms with Crippen LogP contribution in [0.25, 0.3) is 6.08 Å². The first kappa shape index (κ1) is 19.2. The first-order chi connectivity index (χ1) is 13.5. The highest BCUT2D eigenvalue weighted by molar-refractivity contribution is 8.18. The Balaban J connectivity index is 1.66. The first-order valence-corrected chi connectivity index (χ1v) is 9.01. The molecular weight excluding hydrogens is 378 g/mol. The number of nitrogens with one attached hydrogen (secondary N) is 1. The van der Waals surface area contributed by atoms with E-state index in [0.717, 1.165) is 16.7 Å². The molecule has 0 atom stereocenters. The molecule has 7 nitrogen and oxygen atoms in total. The van der Waals surface area contributed by atoms with Crippen molar-refractivity contribution in [3.8, 4) is 11.8 Å². The number of hydrogen-bond acceptors (Lipinski definition) is 6. The van der Waals surface area contributed by atoms with Gasteiger partial charge in [0.2, 0.25) is 5.91 Å². The highest BCUT2D eigenvalue weighted by Gasteiger charge is 2.36. The molecule has 2 aromatic rings. The molecule has 0 spiro atoms. The number of anilines is 1. The number of nitrogens with zero attached hydrogens (tertiary/aromatic N) is 2. The van der Waals surface area contributed by atoms with Crippen molar-refractivity contribution in [2.45, 2.75) is 0 Å². The summed E-state index contributed by atoms with van der Waals surface area (Å²) in [6, 6.07) is 15.3. The molecule has 0 unspecified atom stereocenters. The molecule has 0 aliphatic carbocycles. The minimum absolute atomic E-state index is 0.229. The average Bonchev–Trinajstić information content (AvgIpc) is 2.96. The minimum Gasteiger partial charge on any atom is -0.497 e. The topological polar surface area (TPSA) is 99.5 Å². The Labute approximate surface area is 165 Å². The number of nitriles is 1. The molecule has 1 aliphatic heterocycles. The Morgan fingerprint density at radius 2 is 1.86 bits per heavy atom. The van der Waals surface area contributed by atoms with Gasteiger partial charge in [0.05, 0.1) is 23.6 Å². The van der Waals surface area contributed by atoms with Crippen molar-refractivity contribution < 1.29 is 19.1 Å². The van der Waals surface area contributed by atoms with Gasteiger partial charge in [-0.05, 0) is 59.8 Å². The molecule has 0 aromatic heterocycles. The van der Waals surface area contributed by atoms with Crippen molar-refractivity contribution >= 4 is 40.6 Å². The fraction of sp³-hybridized carbons (Fsp3) is 0.100. The van der Waals surface area contributed by atoms with Crippen molar-refractivity contribution in [2.24, 2.45) is 0 Å². The molecule has 0 saturated carbocycles. The summed E-state index contributed by atoms with van der Waals surface area (Å²) in [5.41, 5.74) is 1.72. The number of ether oxygens (including phenoxy) is 1.